The van der Waals surface area contributed by atoms with Gasteiger partial charge in [0.2, 0.25) is 0 Å². The van der Waals surface area contributed by atoms with E-state index in [9.17, 15) is 0 Å². The van der Waals surface area contributed by atoms with E-state index in [1.807, 2.05) is 18.5 Å². The van der Waals surface area contributed by atoms with Crippen LogP contribution in [0.2, 0.25) is 0 Å². The van der Waals surface area contributed by atoms with Crippen molar-refractivity contribution in [3.8, 4) is 11.1 Å². The molecule has 1 aromatic carbocycles. The minimum absolute atomic E-state index is 1.16. The van der Waals surface area contributed by atoms with E-state index in [-0.39, 0.29) is 0 Å². The first-order valence-corrected chi connectivity index (χ1v) is 6.10. The summed E-state index contributed by atoms with van der Waals surface area (Å²) in [6.07, 6.45) is 6.18. The van der Waals surface area contributed by atoms with E-state index in [0.29, 0.717) is 0 Å². The van der Waals surface area contributed by atoms with Crippen molar-refractivity contribution in [2.45, 2.75) is 12.8 Å². The molecule has 86 valence electrons. The van der Waals surface area contributed by atoms with E-state index in [2.05, 4.69) is 41.2 Å². The molecule has 0 bridgehead atoms. The lowest BCUT2D eigenvalue weighted by Crippen LogP contribution is -2.24. The lowest BCUT2D eigenvalue weighted by atomic mass is 9.93. The van der Waals surface area contributed by atoms with E-state index in [1.165, 1.54) is 35.2 Å². The molecular formula is C15H16N2. The van der Waals surface area contributed by atoms with Crippen molar-refractivity contribution in [3.05, 3.63) is 48.3 Å². The quantitative estimate of drug-likeness (QED) is 0.739. The minimum atomic E-state index is 1.16. The van der Waals surface area contributed by atoms with Crippen molar-refractivity contribution in [2.24, 2.45) is 0 Å². The predicted octanol–water partition coefficient (Wildman–Crippen LogP) is 3.13. The van der Waals surface area contributed by atoms with Gasteiger partial charge in [0, 0.05) is 37.2 Å². The standard InChI is InChI=1S/C15H16N2/c1-17-10-4-7-14-13(6-2-8-15(14)17)12-5-3-9-16-11-12/h2-3,5-6,8-9,11H,4,7,10H2,1H3. The van der Waals surface area contributed by atoms with Crippen molar-refractivity contribution in [2.75, 3.05) is 18.5 Å². The molecule has 2 heterocycles. The summed E-state index contributed by atoms with van der Waals surface area (Å²) in [7, 11) is 2.17. The van der Waals surface area contributed by atoms with Crippen LogP contribution in [0.4, 0.5) is 5.69 Å². The summed E-state index contributed by atoms with van der Waals surface area (Å²) in [6, 6.07) is 10.7. The zero-order valence-electron chi connectivity index (χ0n) is 10.1. The van der Waals surface area contributed by atoms with Crippen LogP contribution in [-0.2, 0) is 6.42 Å². The summed E-state index contributed by atoms with van der Waals surface area (Å²) in [5, 5.41) is 0. The van der Waals surface area contributed by atoms with Crippen molar-refractivity contribution in [1.29, 1.82) is 0 Å². The van der Waals surface area contributed by atoms with E-state index < -0.39 is 0 Å². The molecule has 1 aliphatic rings. The first-order chi connectivity index (χ1) is 8.36. The molecule has 3 rings (SSSR count). The van der Waals surface area contributed by atoms with Crippen LogP contribution in [0.5, 0.6) is 0 Å². The van der Waals surface area contributed by atoms with Crippen molar-refractivity contribution in [3.63, 3.8) is 0 Å². The average molecular weight is 224 g/mol. The number of rotatable bonds is 1. The Morgan fingerprint density at radius 3 is 2.94 bits per heavy atom. The number of pyridine rings is 1. The first-order valence-electron chi connectivity index (χ1n) is 6.10. The molecule has 0 saturated carbocycles. The maximum atomic E-state index is 4.22. The molecule has 1 aromatic heterocycles. The number of anilines is 1. The maximum absolute atomic E-state index is 4.22. The van der Waals surface area contributed by atoms with Crippen LogP contribution in [-0.4, -0.2) is 18.6 Å². The number of hydrogen-bond donors (Lipinski definition) is 0. The number of benzene rings is 1. The third-order valence-corrected chi connectivity index (χ3v) is 3.46. The molecule has 17 heavy (non-hydrogen) atoms. The largest absolute Gasteiger partial charge is 0.374 e. The SMILES string of the molecule is CN1CCCc2c(-c3cccnc3)cccc21. The zero-order chi connectivity index (χ0) is 11.7. The van der Waals surface area contributed by atoms with Crippen LogP contribution < -0.4 is 4.90 Å². The number of aromatic nitrogens is 1. The third kappa shape index (κ3) is 1.80. The van der Waals surface area contributed by atoms with Crippen LogP contribution >= 0.6 is 0 Å². The van der Waals surface area contributed by atoms with Crippen molar-refractivity contribution in [1.82, 2.24) is 4.98 Å². The van der Waals surface area contributed by atoms with E-state index in [1.54, 1.807) is 0 Å². The highest BCUT2D eigenvalue weighted by atomic mass is 15.1. The van der Waals surface area contributed by atoms with Gasteiger partial charge in [-0.05, 0) is 36.1 Å². The summed E-state index contributed by atoms with van der Waals surface area (Å²) in [4.78, 5) is 6.56. The van der Waals surface area contributed by atoms with Gasteiger partial charge in [0.1, 0.15) is 0 Å². The number of fused-ring (bicyclic) bond motifs is 1. The van der Waals surface area contributed by atoms with E-state index >= 15 is 0 Å². The van der Waals surface area contributed by atoms with Gasteiger partial charge in [0.15, 0.2) is 0 Å². The van der Waals surface area contributed by atoms with Gasteiger partial charge >= 0.3 is 0 Å². The molecule has 0 radical (unpaired) electrons. The van der Waals surface area contributed by atoms with Gasteiger partial charge in [0.25, 0.3) is 0 Å². The highest BCUT2D eigenvalue weighted by molar-refractivity contribution is 5.74. The average Bonchev–Trinajstić information content (AvgIpc) is 2.40. The molecule has 1 aliphatic heterocycles. The first kappa shape index (κ1) is 10.3. The Hall–Kier alpha value is -1.83. The predicted molar refractivity (Wildman–Crippen MR) is 71.3 cm³/mol. The molecule has 0 amide bonds. The number of nitrogens with zero attached hydrogens (tertiary/aromatic N) is 2. The zero-order valence-corrected chi connectivity index (χ0v) is 10.1. The second kappa shape index (κ2) is 4.21. The third-order valence-electron chi connectivity index (χ3n) is 3.46. The Bertz CT molecular complexity index is 520. The second-order valence-corrected chi connectivity index (χ2v) is 4.57. The Morgan fingerprint density at radius 2 is 2.12 bits per heavy atom. The Balaban J connectivity index is 2.16. The van der Waals surface area contributed by atoms with Gasteiger partial charge < -0.3 is 4.90 Å². The van der Waals surface area contributed by atoms with Gasteiger partial charge in [-0.15, -0.1) is 0 Å². The molecule has 0 N–H and O–H groups in total. The Kier molecular flexibility index (Phi) is 2.56. The van der Waals surface area contributed by atoms with Crippen LogP contribution in [0.15, 0.2) is 42.7 Å². The van der Waals surface area contributed by atoms with Crippen LogP contribution in [0.1, 0.15) is 12.0 Å². The van der Waals surface area contributed by atoms with Gasteiger partial charge in [-0.25, -0.2) is 0 Å². The molecule has 0 unspecified atom stereocenters. The molecule has 0 fully saturated rings. The fourth-order valence-electron chi connectivity index (χ4n) is 2.60. The smallest absolute Gasteiger partial charge is 0.0402 e. The van der Waals surface area contributed by atoms with Gasteiger partial charge in [-0.1, -0.05) is 18.2 Å². The van der Waals surface area contributed by atoms with Crippen LogP contribution in [0.3, 0.4) is 0 Å². The van der Waals surface area contributed by atoms with Crippen LogP contribution in [0, 0.1) is 0 Å². The van der Waals surface area contributed by atoms with E-state index in [4.69, 9.17) is 0 Å². The Labute approximate surface area is 102 Å². The van der Waals surface area contributed by atoms with Crippen molar-refractivity contribution < 1.29 is 0 Å². The molecule has 0 saturated heterocycles. The monoisotopic (exact) mass is 224 g/mol. The summed E-state index contributed by atoms with van der Waals surface area (Å²) in [6.45, 7) is 1.16. The molecule has 0 aliphatic carbocycles. The molecule has 2 heteroatoms. The minimum Gasteiger partial charge on any atom is -0.374 e. The molecule has 0 atom stereocenters. The normalized spacial score (nSPS) is 14.5. The van der Waals surface area contributed by atoms with E-state index in [0.717, 1.165) is 6.54 Å². The maximum Gasteiger partial charge on any atom is 0.0402 e. The second-order valence-electron chi connectivity index (χ2n) is 4.57. The summed E-state index contributed by atoms with van der Waals surface area (Å²) >= 11 is 0. The number of hydrogen-bond acceptors (Lipinski definition) is 2. The summed E-state index contributed by atoms with van der Waals surface area (Å²) < 4.78 is 0. The fourth-order valence-corrected chi connectivity index (χ4v) is 2.60. The van der Waals surface area contributed by atoms with Gasteiger partial charge in [0.05, 0.1) is 0 Å². The van der Waals surface area contributed by atoms with Gasteiger partial charge in [-0.2, -0.15) is 0 Å². The molecule has 2 nitrogen and oxygen atoms in total. The lowest BCUT2D eigenvalue weighted by Gasteiger charge is -2.29. The molecule has 0 spiro atoms. The topological polar surface area (TPSA) is 16.1 Å². The Morgan fingerprint density at radius 1 is 1.18 bits per heavy atom. The summed E-state index contributed by atoms with van der Waals surface area (Å²) in [5.41, 5.74) is 5.40. The highest BCUT2D eigenvalue weighted by Gasteiger charge is 2.16. The highest BCUT2D eigenvalue weighted by Crippen LogP contribution is 2.34. The molecule has 2 aromatic rings. The van der Waals surface area contributed by atoms with Crippen LogP contribution in [0.25, 0.3) is 11.1 Å². The summed E-state index contributed by atoms with van der Waals surface area (Å²) in [5.74, 6) is 0. The van der Waals surface area contributed by atoms with Gasteiger partial charge in [-0.3, -0.25) is 4.98 Å². The molecular weight excluding hydrogens is 208 g/mol. The van der Waals surface area contributed by atoms with Crippen molar-refractivity contribution >= 4 is 5.69 Å². The lowest BCUT2D eigenvalue weighted by molar-refractivity contribution is 0.746. The fraction of sp³-hybridized carbons (Fsp3) is 0.267.